The Bertz CT molecular complexity index is 134. The van der Waals surface area contributed by atoms with E-state index in [-0.39, 0.29) is 18.0 Å². The highest BCUT2D eigenvalue weighted by atomic mass is 19.2. The van der Waals surface area contributed by atoms with Crippen molar-refractivity contribution in [3.63, 3.8) is 0 Å². The van der Waals surface area contributed by atoms with Gasteiger partial charge in [-0.3, -0.25) is 4.79 Å². The zero-order chi connectivity index (χ0) is 7.56. The fraction of sp³-hybridized carbons (Fsp3) is 0.833. The molecule has 0 spiro atoms. The molecule has 0 aromatic heterocycles. The number of hydrogen-bond acceptors (Lipinski definition) is 2. The van der Waals surface area contributed by atoms with Gasteiger partial charge in [0.05, 0.1) is 0 Å². The van der Waals surface area contributed by atoms with Crippen LogP contribution in [0.3, 0.4) is 0 Å². The van der Waals surface area contributed by atoms with Crippen LogP contribution in [-0.2, 0) is 4.79 Å². The number of carbonyl (C=O) groups is 1. The minimum absolute atomic E-state index is 0.0395. The van der Waals surface area contributed by atoms with Crippen LogP contribution >= 0.6 is 0 Å². The van der Waals surface area contributed by atoms with Gasteiger partial charge in [-0.25, -0.2) is 0 Å². The molecule has 0 aliphatic heterocycles. The molecule has 4 heteroatoms. The molecule has 1 aliphatic carbocycles. The summed E-state index contributed by atoms with van der Waals surface area (Å²) in [6.45, 7) is 1.47. The van der Waals surface area contributed by atoms with Gasteiger partial charge in [-0.1, -0.05) is 0 Å². The molecule has 3 nitrogen and oxygen atoms in total. The van der Waals surface area contributed by atoms with Gasteiger partial charge >= 0.3 is 0 Å². The van der Waals surface area contributed by atoms with Crippen LogP contribution in [0.5, 0.6) is 0 Å². The third-order valence-corrected chi connectivity index (χ3v) is 1.70. The van der Waals surface area contributed by atoms with E-state index in [2.05, 4.69) is 5.32 Å². The van der Waals surface area contributed by atoms with Crippen LogP contribution in [-0.4, -0.2) is 18.0 Å². The molecule has 1 aliphatic rings. The van der Waals surface area contributed by atoms with E-state index in [1.807, 2.05) is 0 Å². The minimum Gasteiger partial charge on any atom is -0.353 e. The maximum Gasteiger partial charge on any atom is 0.217 e. The van der Waals surface area contributed by atoms with Gasteiger partial charge in [-0.2, -0.15) is 5.54 Å². The van der Waals surface area contributed by atoms with E-state index in [1.54, 1.807) is 5.54 Å². The Morgan fingerprint density at radius 3 is 2.50 bits per heavy atom. The maximum atomic E-state index is 11.6. The first kappa shape index (κ1) is 7.47. The van der Waals surface area contributed by atoms with Gasteiger partial charge in [0, 0.05) is 19.0 Å². The van der Waals surface area contributed by atoms with Gasteiger partial charge in [0.1, 0.15) is 0 Å². The van der Waals surface area contributed by atoms with Crippen molar-refractivity contribution in [3.8, 4) is 0 Å². The topological polar surface area (TPSA) is 41.1 Å². The zero-order valence-corrected chi connectivity index (χ0v) is 5.86. The van der Waals surface area contributed by atoms with E-state index >= 15 is 0 Å². The van der Waals surface area contributed by atoms with E-state index in [9.17, 15) is 9.28 Å². The summed E-state index contributed by atoms with van der Waals surface area (Å²) in [4.78, 5) is 10.4. The van der Waals surface area contributed by atoms with Crippen LogP contribution in [0.25, 0.3) is 0 Å². The van der Waals surface area contributed by atoms with E-state index in [1.165, 1.54) is 6.92 Å². The standard InChI is InChI=1S/C6H11FN2O/c1-4(10)8-5-2-6(3-5)9-7/h5-6,9H,2-3H2,1H3,(H,8,10). The first-order valence-electron chi connectivity index (χ1n) is 3.35. The number of carbonyl (C=O) groups excluding carboxylic acids is 1. The third-order valence-electron chi connectivity index (χ3n) is 1.70. The second kappa shape index (κ2) is 2.96. The second-order valence-electron chi connectivity index (χ2n) is 2.67. The lowest BCUT2D eigenvalue weighted by atomic mass is 9.87. The van der Waals surface area contributed by atoms with Crippen molar-refractivity contribution < 1.29 is 9.28 Å². The van der Waals surface area contributed by atoms with Crippen LogP contribution in [0.1, 0.15) is 19.8 Å². The normalized spacial score (nSPS) is 31.0. The predicted octanol–water partition coefficient (Wildman–Crippen LogP) is 0.128. The van der Waals surface area contributed by atoms with Crippen LogP contribution in [0, 0.1) is 0 Å². The minimum atomic E-state index is -0.0446. The Morgan fingerprint density at radius 1 is 1.50 bits per heavy atom. The number of hydrogen-bond donors (Lipinski definition) is 2. The summed E-state index contributed by atoms with van der Waals surface area (Å²) in [5.41, 5.74) is 1.65. The van der Waals surface area contributed by atoms with E-state index in [0.717, 1.165) is 0 Å². The van der Waals surface area contributed by atoms with Crippen molar-refractivity contribution in [3.05, 3.63) is 0 Å². The van der Waals surface area contributed by atoms with Crippen molar-refractivity contribution in [1.82, 2.24) is 10.9 Å². The summed E-state index contributed by atoms with van der Waals surface area (Å²) in [7, 11) is 0. The molecule has 0 aromatic carbocycles. The van der Waals surface area contributed by atoms with E-state index < -0.39 is 0 Å². The number of nitrogens with one attached hydrogen (secondary N) is 2. The summed E-state index contributed by atoms with van der Waals surface area (Å²) in [5.74, 6) is -0.0395. The molecule has 1 fully saturated rings. The van der Waals surface area contributed by atoms with Crippen LogP contribution < -0.4 is 10.9 Å². The Kier molecular flexibility index (Phi) is 2.21. The quantitative estimate of drug-likeness (QED) is 0.543. The highest BCUT2D eigenvalue weighted by Crippen LogP contribution is 2.19. The summed E-state index contributed by atoms with van der Waals surface area (Å²) in [6, 6.07) is 0.141. The van der Waals surface area contributed by atoms with Gasteiger partial charge in [0.2, 0.25) is 5.91 Å². The molecule has 0 aromatic rings. The molecule has 1 rings (SSSR count). The fourth-order valence-electron chi connectivity index (χ4n) is 1.11. The van der Waals surface area contributed by atoms with Gasteiger partial charge in [0.15, 0.2) is 0 Å². The number of rotatable bonds is 2. The molecular formula is C6H11FN2O. The Balaban J connectivity index is 2.08. The summed E-state index contributed by atoms with van der Waals surface area (Å²) in [5, 5.41) is 2.70. The molecule has 10 heavy (non-hydrogen) atoms. The Labute approximate surface area is 58.9 Å². The average Bonchev–Trinajstić information content (AvgIpc) is 1.76. The van der Waals surface area contributed by atoms with Gasteiger partial charge in [0.25, 0.3) is 0 Å². The van der Waals surface area contributed by atoms with E-state index in [0.29, 0.717) is 12.8 Å². The van der Waals surface area contributed by atoms with Crippen molar-refractivity contribution in [2.75, 3.05) is 0 Å². The highest BCUT2D eigenvalue weighted by molar-refractivity contribution is 5.73. The van der Waals surface area contributed by atoms with Crippen molar-refractivity contribution in [1.29, 1.82) is 0 Å². The summed E-state index contributed by atoms with van der Waals surface area (Å²) < 4.78 is 11.6. The fourth-order valence-corrected chi connectivity index (χ4v) is 1.11. The van der Waals surface area contributed by atoms with Crippen LogP contribution in [0.4, 0.5) is 4.48 Å². The van der Waals surface area contributed by atoms with Gasteiger partial charge < -0.3 is 5.32 Å². The molecule has 0 heterocycles. The molecule has 0 saturated heterocycles. The lowest BCUT2D eigenvalue weighted by Crippen LogP contribution is -2.50. The van der Waals surface area contributed by atoms with Gasteiger partial charge in [-0.15, -0.1) is 4.48 Å². The summed E-state index contributed by atoms with van der Waals surface area (Å²) in [6.07, 6.45) is 1.41. The maximum absolute atomic E-state index is 11.6. The van der Waals surface area contributed by atoms with Crippen molar-refractivity contribution in [2.24, 2.45) is 0 Å². The van der Waals surface area contributed by atoms with Crippen molar-refractivity contribution >= 4 is 5.91 Å². The smallest absolute Gasteiger partial charge is 0.217 e. The average molecular weight is 146 g/mol. The molecule has 0 unspecified atom stereocenters. The molecule has 0 bridgehead atoms. The van der Waals surface area contributed by atoms with Crippen LogP contribution in [0.15, 0.2) is 0 Å². The largest absolute Gasteiger partial charge is 0.353 e. The number of amides is 1. The number of halogens is 1. The Hall–Kier alpha value is -0.640. The van der Waals surface area contributed by atoms with E-state index in [4.69, 9.17) is 0 Å². The third kappa shape index (κ3) is 1.67. The second-order valence-corrected chi connectivity index (χ2v) is 2.67. The lowest BCUT2D eigenvalue weighted by Gasteiger charge is -2.33. The molecule has 2 N–H and O–H groups in total. The van der Waals surface area contributed by atoms with Gasteiger partial charge in [-0.05, 0) is 12.8 Å². The molecule has 0 radical (unpaired) electrons. The first-order valence-corrected chi connectivity index (χ1v) is 3.35. The first-order chi connectivity index (χ1) is 4.72. The molecular weight excluding hydrogens is 135 g/mol. The molecule has 1 saturated carbocycles. The monoisotopic (exact) mass is 146 g/mol. The molecule has 58 valence electrons. The predicted molar refractivity (Wildman–Crippen MR) is 34.9 cm³/mol. The Morgan fingerprint density at radius 2 is 2.10 bits per heavy atom. The molecule has 0 atom stereocenters. The lowest BCUT2D eigenvalue weighted by molar-refractivity contribution is -0.120. The van der Waals surface area contributed by atoms with Crippen LogP contribution in [0.2, 0.25) is 0 Å². The SMILES string of the molecule is CC(=O)NC1CC(NF)C1. The highest BCUT2D eigenvalue weighted by Gasteiger charge is 2.29. The summed E-state index contributed by atoms with van der Waals surface area (Å²) >= 11 is 0. The van der Waals surface area contributed by atoms with Crippen molar-refractivity contribution in [2.45, 2.75) is 31.8 Å². The zero-order valence-electron chi connectivity index (χ0n) is 5.86. The molecule has 1 amide bonds.